The van der Waals surface area contributed by atoms with Crippen molar-refractivity contribution >= 4 is 46.5 Å². The van der Waals surface area contributed by atoms with Crippen LogP contribution in [0.4, 0.5) is 0 Å². The minimum absolute atomic E-state index is 0. The summed E-state index contributed by atoms with van der Waals surface area (Å²) >= 11 is 0. The van der Waals surface area contributed by atoms with E-state index in [1.807, 2.05) is 25.2 Å². The Kier molecular flexibility index (Phi) is 7.08. The third-order valence-corrected chi connectivity index (χ3v) is 4.95. The zero-order valence-corrected chi connectivity index (χ0v) is 18.4. The van der Waals surface area contributed by atoms with Crippen LogP contribution in [0.15, 0.2) is 65.7 Å². The number of nitrogens with one attached hydrogen (secondary N) is 2. The number of rotatable bonds is 4. The molecule has 2 N–H and O–H groups in total. The maximum Gasteiger partial charge on any atom is 0.193 e. The monoisotopic (exact) mass is 487 g/mol. The van der Waals surface area contributed by atoms with Crippen LogP contribution in [0, 0.1) is 0 Å². The maximum atomic E-state index is 4.63. The Morgan fingerprint density at radius 1 is 1.14 bits per heavy atom. The van der Waals surface area contributed by atoms with Crippen molar-refractivity contribution in [2.24, 2.45) is 4.99 Å². The standard InChI is InChI=1S/C22H25N5.HI/c1-23-22(24-14-11-21-25-19-9-5-6-10-20(19)26-21)27-15-12-18(13-16-27)17-7-3-2-4-8-17;/h2-10,12H,11,13-16H2,1H3,(H,23,24)(H,25,26);1H. The largest absolute Gasteiger partial charge is 0.356 e. The molecule has 0 atom stereocenters. The lowest BCUT2D eigenvalue weighted by atomic mass is 10.00. The molecule has 0 bridgehead atoms. The number of aliphatic imine (C=N–C) groups is 1. The number of nitrogens with zero attached hydrogens (tertiary/aromatic N) is 3. The number of para-hydroxylation sites is 2. The average Bonchev–Trinajstić information content (AvgIpc) is 3.15. The van der Waals surface area contributed by atoms with Crippen molar-refractivity contribution in [2.45, 2.75) is 12.8 Å². The predicted molar refractivity (Wildman–Crippen MR) is 127 cm³/mol. The molecule has 5 nitrogen and oxygen atoms in total. The first-order chi connectivity index (χ1) is 13.3. The van der Waals surface area contributed by atoms with Crippen molar-refractivity contribution in [3.63, 3.8) is 0 Å². The summed E-state index contributed by atoms with van der Waals surface area (Å²) < 4.78 is 0. The van der Waals surface area contributed by atoms with Gasteiger partial charge in [0.05, 0.1) is 11.0 Å². The highest BCUT2D eigenvalue weighted by Gasteiger charge is 2.16. The molecule has 0 unspecified atom stereocenters. The molecule has 0 radical (unpaired) electrons. The molecule has 4 rings (SSSR count). The molecule has 0 spiro atoms. The zero-order chi connectivity index (χ0) is 18.5. The highest BCUT2D eigenvalue weighted by molar-refractivity contribution is 14.0. The Labute approximate surface area is 183 Å². The van der Waals surface area contributed by atoms with Gasteiger partial charge in [0.1, 0.15) is 5.82 Å². The first-order valence-electron chi connectivity index (χ1n) is 9.47. The van der Waals surface area contributed by atoms with Gasteiger partial charge in [0, 0.05) is 33.1 Å². The number of benzene rings is 2. The second kappa shape index (κ2) is 9.73. The number of halogens is 1. The minimum atomic E-state index is 0. The van der Waals surface area contributed by atoms with E-state index in [9.17, 15) is 0 Å². The van der Waals surface area contributed by atoms with E-state index in [0.29, 0.717) is 0 Å². The fourth-order valence-electron chi connectivity index (χ4n) is 3.52. The van der Waals surface area contributed by atoms with Crippen LogP contribution in [-0.4, -0.2) is 47.5 Å². The van der Waals surface area contributed by atoms with E-state index in [1.165, 1.54) is 11.1 Å². The Morgan fingerprint density at radius 2 is 1.93 bits per heavy atom. The van der Waals surface area contributed by atoms with Crippen molar-refractivity contribution in [2.75, 3.05) is 26.7 Å². The summed E-state index contributed by atoms with van der Waals surface area (Å²) in [5.74, 6) is 1.96. The van der Waals surface area contributed by atoms with Gasteiger partial charge in [0.2, 0.25) is 0 Å². The Bertz CT molecular complexity index is 928. The van der Waals surface area contributed by atoms with Crippen molar-refractivity contribution in [1.82, 2.24) is 20.2 Å². The van der Waals surface area contributed by atoms with Crippen LogP contribution < -0.4 is 5.32 Å². The van der Waals surface area contributed by atoms with Crippen LogP contribution >= 0.6 is 24.0 Å². The van der Waals surface area contributed by atoms with Gasteiger partial charge >= 0.3 is 0 Å². The number of imidazole rings is 1. The second-order valence-electron chi connectivity index (χ2n) is 6.72. The normalized spacial score (nSPS) is 14.5. The van der Waals surface area contributed by atoms with Crippen LogP contribution in [0.1, 0.15) is 17.8 Å². The van der Waals surface area contributed by atoms with Gasteiger partial charge in [-0.05, 0) is 29.7 Å². The molecule has 0 saturated heterocycles. The molecule has 3 aromatic rings. The predicted octanol–water partition coefficient (Wildman–Crippen LogP) is 4.09. The van der Waals surface area contributed by atoms with E-state index in [-0.39, 0.29) is 24.0 Å². The number of H-pyrrole nitrogens is 1. The summed E-state index contributed by atoms with van der Waals surface area (Å²) in [6, 6.07) is 18.8. The summed E-state index contributed by atoms with van der Waals surface area (Å²) in [6.07, 6.45) is 4.19. The fraction of sp³-hybridized carbons (Fsp3) is 0.273. The molecule has 0 amide bonds. The van der Waals surface area contributed by atoms with Gasteiger partial charge < -0.3 is 15.2 Å². The van der Waals surface area contributed by atoms with Crippen molar-refractivity contribution in [1.29, 1.82) is 0 Å². The smallest absolute Gasteiger partial charge is 0.193 e. The van der Waals surface area contributed by atoms with Gasteiger partial charge in [-0.15, -0.1) is 24.0 Å². The molecule has 2 heterocycles. The minimum Gasteiger partial charge on any atom is -0.356 e. The first-order valence-corrected chi connectivity index (χ1v) is 9.47. The maximum absolute atomic E-state index is 4.63. The molecular weight excluding hydrogens is 461 g/mol. The molecule has 1 aliphatic rings. The summed E-state index contributed by atoms with van der Waals surface area (Å²) in [4.78, 5) is 14.8. The number of aromatic amines is 1. The Hall–Kier alpha value is -2.35. The highest BCUT2D eigenvalue weighted by Crippen LogP contribution is 2.21. The molecular formula is C22H26IN5. The summed E-state index contributed by atoms with van der Waals surface area (Å²) in [5, 5.41) is 3.47. The third-order valence-electron chi connectivity index (χ3n) is 4.95. The van der Waals surface area contributed by atoms with Crippen LogP contribution in [0.5, 0.6) is 0 Å². The number of guanidine groups is 1. The number of aromatic nitrogens is 2. The quantitative estimate of drug-likeness (QED) is 0.331. The third kappa shape index (κ3) is 4.73. The summed E-state index contributed by atoms with van der Waals surface area (Å²) in [7, 11) is 1.85. The molecule has 0 aliphatic carbocycles. The van der Waals surface area contributed by atoms with E-state index < -0.39 is 0 Å². The van der Waals surface area contributed by atoms with Gasteiger partial charge in [0.15, 0.2) is 5.96 Å². The molecule has 2 aromatic carbocycles. The van der Waals surface area contributed by atoms with Gasteiger partial charge in [-0.1, -0.05) is 48.5 Å². The van der Waals surface area contributed by atoms with Crippen LogP contribution in [0.3, 0.4) is 0 Å². The summed E-state index contributed by atoms with van der Waals surface area (Å²) in [6.45, 7) is 2.66. The van der Waals surface area contributed by atoms with Gasteiger partial charge in [-0.3, -0.25) is 4.99 Å². The van der Waals surface area contributed by atoms with Crippen molar-refractivity contribution in [3.8, 4) is 0 Å². The molecule has 0 saturated carbocycles. The Balaban J connectivity index is 0.00000225. The average molecular weight is 487 g/mol. The SMILES string of the molecule is CN=C(NCCc1nc2ccccc2[nH]1)N1CC=C(c2ccccc2)CC1.I. The van der Waals surface area contributed by atoms with Gasteiger partial charge in [-0.25, -0.2) is 4.98 Å². The lowest BCUT2D eigenvalue weighted by molar-refractivity contribution is 0.440. The fourth-order valence-corrected chi connectivity index (χ4v) is 3.52. The van der Waals surface area contributed by atoms with Crippen molar-refractivity contribution in [3.05, 3.63) is 72.1 Å². The zero-order valence-electron chi connectivity index (χ0n) is 16.1. The molecule has 0 fully saturated rings. The molecule has 6 heteroatoms. The first kappa shape index (κ1) is 20.4. The van der Waals surface area contributed by atoms with E-state index in [4.69, 9.17) is 0 Å². The molecule has 1 aromatic heterocycles. The Morgan fingerprint density at radius 3 is 2.64 bits per heavy atom. The molecule has 28 heavy (non-hydrogen) atoms. The number of hydrogen-bond acceptors (Lipinski definition) is 2. The highest BCUT2D eigenvalue weighted by atomic mass is 127. The van der Waals surface area contributed by atoms with E-state index in [2.05, 4.69) is 67.7 Å². The van der Waals surface area contributed by atoms with Crippen LogP contribution in [0.25, 0.3) is 16.6 Å². The number of fused-ring (bicyclic) bond motifs is 1. The second-order valence-corrected chi connectivity index (χ2v) is 6.72. The van der Waals surface area contributed by atoms with Gasteiger partial charge in [-0.2, -0.15) is 0 Å². The van der Waals surface area contributed by atoms with E-state index in [0.717, 1.165) is 55.3 Å². The summed E-state index contributed by atoms with van der Waals surface area (Å²) in [5.41, 5.74) is 4.85. The lowest BCUT2D eigenvalue weighted by Gasteiger charge is -2.29. The van der Waals surface area contributed by atoms with Gasteiger partial charge in [0.25, 0.3) is 0 Å². The molecule has 146 valence electrons. The van der Waals surface area contributed by atoms with E-state index in [1.54, 1.807) is 0 Å². The van der Waals surface area contributed by atoms with E-state index >= 15 is 0 Å². The topological polar surface area (TPSA) is 56.3 Å². The lowest BCUT2D eigenvalue weighted by Crippen LogP contribution is -2.44. The van der Waals surface area contributed by atoms with Crippen molar-refractivity contribution < 1.29 is 0 Å². The van der Waals surface area contributed by atoms with Crippen LogP contribution in [0.2, 0.25) is 0 Å². The molecule has 1 aliphatic heterocycles. The number of hydrogen-bond donors (Lipinski definition) is 2. The van der Waals surface area contributed by atoms with Crippen LogP contribution in [-0.2, 0) is 6.42 Å².